The van der Waals surface area contributed by atoms with Crippen LogP contribution in [0.25, 0.3) is 22.5 Å². The van der Waals surface area contributed by atoms with Crippen molar-refractivity contribution in [3.8, 4) is 22.5 Å². The first-order valence-electron chi connectivity index (χ1n) is 6.09. The van der Waals surface area contributed by atoms with Crippen LogP contribution in [-0.2, 0) is 0 Å². The maximum atomic E-state index is 12.2. The molecular weight excluding hydrogens is 236 g/mol. The molecule has 0 fully saturated rings. The lowest BCUT2D eigenvalue weighted by molar-refractivity contribution is 0.566. The highest BCUT2D eigenvalue weighted by molar-refractivity contribution is 5.78. The van der Waals surface area contributed by atoms with Crippen molar-refractivity contribution in [3.63, 3.8) is 0 Å². The standard InChI is InChI=1S/C17H12O2/c18-15-11-12-19-17(14-9-5-2-6-10-14)16(15)13-7-3-1-4-8-13/h1-12H. The van der Waals surface area contributed by atoms with Crippen molar-refractivity contribution >= 4 is 0 Å². The monoisotopic (exact) mass is 248 g/mol. The van der Waals surface area contributed by atoms with E-state index in [0.29, 0.717) is 11.3 Å². The van der Waals surface area contributed by atoms with Crippen molar-refractivity contribution in [1.29, 1.82) is 0 Å². The molecule has 0 bridgehead atoms. The van der Waals surface area contributed by atoms with Crippen molar-refractivity contribution in [2.75, 3.05) is 0 Å². The third kappa shape index (κ3) is 2.20. The summed E-state index contributed by atoms with van der Waals surface area (Å²) < 4.78 is 5.58. The van der Waals surface area contributed by atoms with Crippen LogP contribution in [0.4, 0.5) is 0 Å². The molecule has 0 radical (unpaired) electrons. The summed E-state index contributed by atoms with van der Waals surface area (Å²) in [6.45, 7) is 0. The zero-order chi connectivity index (χ0) is 13.1. The van der Waals surface area contributed by atoms with E-state index in [2.05, 4.69) is 0 Å². The third-order valence-corrected chi connectivity index (χ3v) is 2.98. The summed E-state index contributed by atoms with van der Waals surface area (Å²) in [5.74, 6) is 0.610. The van der Waals surface area contributed by atoms with Gasteiger partial charge in [0.05, 0.1) is 11.8 Å². The minimum Gasteiger partial charge on any atom is -0.463 e. The lowest BCUT2D eigenvalue weighted by atomic mass is 10.0. The van der Waals surface area contributed by atoms with E-state index in [1.54, 1.807) is 0 Å². The molecule has 0 aliphatic carbocycles. The molecule has 0 N–H and O–H groups in total. The van der Waals surface area contributed by atoms with E-state index in [9.17, 15) is 4.79 Å². The molecule has 0 amide bonds. The van der Waals surface area contributed by atoms with Gasteiger partial charge in [-0.2, -0.15) is 0 Å². The van der Waals surface area contributed by atoms with Crippen LogP contribution >= 0.6 is 0 Å². The van der Waals surface area contributed by atoms with Gasteiger partial charge in [-0.15, -0.1) is 0 Å². The second-order valence-electron chi connectivity index (χ2n) is 4.22. The van der Waals surface area contributed by atoms with Gasteiger partial charge in [-0.25, -0.2) is 0 Å². The first-order chi connectivity index (χ1) is 9.36. The van der Waals surface area contributed by atoms with Crippen LogP contribution < -0.4 is 5.43 Å². The minimum absolute atomic E-state index is 0.0312. The summed E-state index contributed by atoms with van der Waals surface area (Å²) in [4.78, 5) is 12.2. The lowest BCUT2D eigenvalue weighted by Crippen LogP contribution is -2.04. The van der Waals surface area contributed by atoms with Gasteiger partial charge in [-0.3, -0.25) is 4.79 Å². The van der Waals surface area contributed by atoms with Gasteiger partial charge in [-0.05, 0) is 5.56 Å². The summed E-state index contributed by atoms with van der Waals surface area (Å²) in [6, 6.07) is 20.7. The van der Waals surface area contributed by atoms with Crippen LogP contribution in [0.15, 0.2) is 82.2 Å². The molecule has 0 aliphatic heterocycles. The first kappa shape index (κ1) is 11.5. The molecule has 2 nitrogen and oxygen atoms in total. The van der Waals surface area contributed by atoms with Gasteiger partial charge >= 0.3 is 0 Å². The Morgan fingerprint density at radius 3 is 1.89 bits per heavy atom. The molecule has 0 aliphatic rings. The number of benzene rings is 2. The number of hydrogen-bond donors (Lipinski definition) is 0. The molecule has 92 valence electrons. The highest BCUT2D eigenvalue weighted by Gasteiger charge is 2.12. The SMILES string of the molecule is O=c1ccoc(-c2ccccc2)c1-c1ccccc1. The molecule has 0 unspecified atom stereocenters. The average molecular weight is 248 g/mol. The van der Waals surface area contributed by atoms with Crippen LogP contribution in [0, 0.1) is 0 Å². The highest BCUT2D eigenvalue weighted by Crippen LogP contribution is 2.28. The molecular formula is C17H12O2. The summed E-state index contributed by atoms with van der Waals surface area (Å²) in [5.41, 5.74) is 2.35. The molecule has 1 aromatic heterocycles. The van der Waals surface area contributed by atoms with E-state index in [1.165, 1.54) is 12.3 Å². The predicted molar refractivity (Wildman–Crippen MR) is 75.9 cm³/mol. The van der Waals surface area contributed by atoms with E-state index < -0.39 is 0 Å². The summed E-state index contributed by atoms with van der Waals surface area (Å²) >= 11 is 0. The minimum atomic E-state index is -0.0312. The molecule has 3 aromatic rings. The fourth-order valence-corrected chi connectivity index (χ4v) is 2.10. The van der Waals surface area contributed by atoms with Gasteiger partial charge in [0, 0.05) is 11.6 Å². The van der Waals surface area contributed by atoms with E-state index in [-0.39, 0.29) is 5.43 Å². The van der Waals surface area contributed by atoms with E-state index in [4.69, 9.17) is 4.42 Å². The Balaban J connectivity index is 2.28. The zero-order valence-electron chi connectivity index (χ0n) is 10.2. The van der Waals surface area contributed by atoms with Gasteiger partial charge in [0.15, 0.2) is 5.43 Å². The average Bonchev–Trinajstić information content (AvgIpc) is 2.49. The zero-order valence-corrected chi connectivity index (χ0v) is 10.2. The Morgan fingerprint density at radius 1 is 0.684 bits per heavy atom. The van der Waals surface area contributed by atoms with E-state index in [1.807, 2.05) is 60.7 Å². The second kappa shape index (κ2) is 4.94. The number of hydrogen-bond acceptors (Lipinski definition) is 2. The molecule has 19 heavy (non-hydrogen) atoms. The Morgan fingerprint density at radius 2 is 1.26 bits per heavy atom. The Bertz CT molecular complexity index is 728. The van der Waals surface area contributed by atoms with Crippen LogP contribution in [-0.4, -0.2) is 0 Å². The Kier molecular flexibility index (Phi) is 2.99. The second-order valence-corrected chi connectivity index (χ2v) is 4.22. The van der Waals surface area contributed by atoms with Gasteiger partial charge in [-0.1, -0.05) is 60.7 Å². The first-order valence-corrected chi connectivity index (χ1v) is 6.09. The van der Waals surface area contributed by atoms with Crippen molar-refractivity contribution in [2.24, 2.45) is 0 Å². The maximum Gasteiger partial charge on any atom is 0.193 e. The fraction of sp³-hybridized carbons (Fsp3) is 0. The maximum absolute atomic E-state index is 12.2. The van der Waals surface area contributed by atoms with Crippen LogP contribution in [0.1, 0.15) is 0 Å². The quantitative estimate of drug-likeness (QED) is 0.686. The summed E-state index contributed by atoms with van der Waals surface area (Å²) in [5, 5.41) is 0. The van der Waals surface area contributed by atoms with Gasteiger partial charge in [0.1, 0.15) is 5.76 Å². The van der Waals surface area contributed by atoms with Crippen molar-refractivity contribution in [1.82, 2.24) is 0 Å². The van der Waals surface area contributed by atoms with Crippen LogP contribution in [0.5, 0.6) is 0 Å². The summed E-state index contributed by atoms with van der Waals surface area (Å²) in [7, 11) is 0. The molecule has 1 heterocycles. The molecule has 2 heteroatoms. The van der Waals surface area contributed by atoms with Crippen LogP contribution in [0.3, 0.4) is 0 Å². The van der Waals surface area contributed by atoms with E-state index >= 15 is 0 Å². The third-order valence-electron chi connectivity index (χ3n) is 2.98. The smallest absolute Gasteiger partial charge is 0.193 e. The molecule has 0 atom stereocenters. The Hall–Kier alpha value is -2.61. The summed E-state index contributed by atoms with van der Waals surface area (Å²) in [6.07, 6.45) is 1.44. The molecule has 0 saturated heterocycles. The number of rotatable bonds is 2. The highest BCUT2D eigenvalue weighted by atomic mass is 16.3. The molecule has 2 aromatic carbocycles. The largest absolute Gasteiger partial charge is 0.463 e. The lowest BCUT2D eigenvalue weighted by Gasteiger charge is -2.07. The normalized spacial score (nSPS) is 10.3. The van der Waals surface area contributed by atoms with Crippen molar-refractivity contribution in [2.45, 2.75) is 0 Å². The van der Waals surface area contributed by atoms with Gasteiger partial charge in [0.2, 0.25) is 0 Å². The predicted octanol–water partition coefficient (Wildman–Crippen LogP) is 3.97. The van der Waals surface area contributed by atoms with Gasteiger partial charge < -0.3 is 4.42 Å². The Labute approximate surface area is 111 Å². The fourth-order valence-electron chi connectivity index (χ4n) is 2.10. The molecule has 0 spiro atoms. The van der Waals surface area contributed by atoms with Gasteiger partial charge in [0.25, 0.3) is 0 Å². The van der Waals surface area contributed by atoms with E-state index in [0.717, 1.165) is 11.1 Å². The molecule has 3 rings (SSSR count). The molecule has 0 saturated carbocycles. The topological polar surface area (TPSA) is 30.2 Å². The van der Waals surface area contributed by atoms with Crippen LogP contribution in [0.2, 0.25) is 0 Å². The van der Waals surface area contributed by atoms with Crippen molar-refractivity contribution in [3.05, 3.63) is 83.2 Å². The van der Waals surface area contributed by atoms with Crippen molar-refractivity contribution < 1.29 is 4.42 Å².